The highest BCUT2D eigenvalue weighted by molar-refractivity contribution is 7.80. The van der Waals surface area contributed by atoms with E-state index in [1.165, 1.54) is 19.3 Å². The van der Waals surface area contributed by atoms with Crippen molar-refractivity contribution in [3.05, 3.63) is 0 Å². The Balaban J connectivity index is 2.28. The van der Waals surface area contributed by atoms with Crippen molar-refractivity contribution in [1.82, 2.24) is 0 Å². The minimum absolute atomic E-state index is 0.419. The molecule has 1 saturated heterocycles. The van der Waals surface area contributed by atoms with Gasteiger partial charge >= 0.3 is 0 Å². The number of ether oxygens (including phenoxy) is 1. The first-order valence-corrected chi connectivity index (χ1v) is 4.84. The third kappa shape index (κ3) is 2.44. The first-order valence-electron chi connectivity index (χ1n) is 4.43. The Morgan fingerprint density at radius 3 is 2.82 bits per heavy atom. The first-order chi connectivity index (χ1) is 5.24. The van der Waals surface area contributed by atoms with Crippen LogP contribution in [-0.2, 0) is 4.74 Å². The van der Waals surface area contributed by atoms with E-state index in [4.69, 9.17) is 17.0 Å². The van der Waals surface area contributed by atoms with Crippen LogP contribution in [0.1, 0.15) is 39.5 Å². The van der Waals surface area contributed by atoms with Gasteiger partial charge in [0.15, 0.2) is 5.05 Å². The topological polar surface area (TPSA) is 9.23 Å². The lowest BCUT2D eigenvalue weighted by molar-refractivity contribution is 0.170. The number of hydrogen-bond donors (Lipinski definition) is 0. The van der Waals surface area contributed by atoms with E-state index in [1.54, 1.807) is 0 Å². The van der Waals surface area contributed by atoms with Gasteiger partial charge in [0.1, 0.15) is 6.10 Å². The Morgan fingerprint density at radius 1 is 1.64 bits per heavy atom. The third-order valence-corrected chi connectivity index (χ3v) is 2.51. The van der Waals surface area contributed by atoms with E-state index in [-0.39, 0.29) is 0 Å². The Labute approximate surface area is 74.1 Å². The van der Waals surface area contributed by atoms with Crippen molar-refractivity contribution in [3.63, 3.8) is 0 Å². The summed E-state index contributed by atoms with van der Waals surface area (Å²) in [4.78, 5) is 0. The summed E-state index contributed by atoms with van der Waals surface area (Å²) in [6.07, 6.45) is 5.10. The summed E-state index contributed by atoms with van der Waals surface area (Å²) in [5, 5.41) is 0.818. The molecule has 64 valence electrons. The Bertz CT molecular complexity index is 144. The molecular formula is C9H16OS. The lowest BCUT2D eigenvalue weighted by Gasteiger charge is -2.12. The lowest BCUT2D eigenvalue weighted by Crippen LogP contribution is -2.12. The predicted molar refractivity (Wildman–Crippen MR) is 50.8 cm³/mol. The fraction of sp³-hybridized carbons (Fsp3) is 0.889. The molecule has 0 aromatic heterocycles. The van der Waals surface area contributed by atoms with Crippen molar-refractivity contribution < 1.29 is 4.74 Å². The number of rotatable bonds is 3. The number of unbranched alkanes of at least 4 members (excludes halogenated alkanes) is 1. The van der Waals surface area contributed by atoms with Gasteiger partial charge in [0.05, 0.1) is 0 Å². The Kier molecular flexibility index (Phi) is 3.31. The van der Waals surface area contributed by atoms with E-state index in [1.807, 2.05) is 0 Å². The van der Waals surface area contributed by atoms with Gasteiger partial charge in [-0.2, -0.15) is 0 Å². The van der Waals surface area contributed by atoms with Gasteiger partial charge in [-0.05, 0) is 18.6 Å². The minimum atomic E-state index is 0.419. The van der Waals surface area contributed by atoms with Crippen molar-refractivity contribution in [2.75, 3.05) is 0 Å². The summed E-state index contributed by atoms with van der Waals surface area (Å²) < 4.78 is 5.51. The minimum Gasteiger partial charge on any atom is -0.484 e. The van der Waals surface area contributed by atoms with E-state index in [0.29, 0.717) is 12.0 Å². The van der Waals surface area contributed by atoms with Crippen molar-refractivity contribution in [2.24, 2.45) is 5.92 Å². The average molecular weight is 172 g/mol. The maximum Gasteiger partial charge on any atom is 0.160 e. The lowest BCUT2D eigenvalue weighted by atomic mass is 10.00. The van der Waals surface area contributed by atoms with Crippen LogP contribution in [0.2, 0.25) is 0 Å². The van der Waals surface area contributed by atoms with Gasteiger partial charge in [0, 0.05) is 12.3 Å². The molecule has 1 aliphatic rings. The summed E-state index contributed by atoms with van der Waals surface area (Å²) in [6.45, 7) is 4.43. The molecule has 1 aliphatic heterocycles. The monoisotopic (exact) mass is 172 g/mol. The summed E-state index contributed by atoms with van der Waals surface area (Å²) in [7, 11) is 0. The summed E-state index contributed by atoms with van der Waals surface area (Å²) in [5.41, 5.74) is 0. The normalized spacial score (nSPS) is 30.5. The maximum absolute atomic E-state index is 5.51. The largest absolute Gasteiger partial charge is 0.484 e. The molecule has 0 aromatic rings. The molecule has 0 N–H and O–H groups in total. The zero-order valence-corrected chi connectivity index (χ0v) is 8.12. The third-order valence-electron chi connectivity index (χ3n) is 2.25. The van der Waals surface area contributed by atoms with Gasteiger partial charge in [-0.3, -0.25) is 0 Å². The van der Waals surface area contributed by atoms with Crippen LogP contribution in [0, 0.1) is 5.92 Å². The molecular weight excluding hydrogens is 156 g/mol. The van der Waals surface area contributed by atoms with Crippen LogP contribution < -0.4 is 0 Å². The molecule has 0 aliphatic carbocycles. The Morgan fingerprint density at radius 2 is 2.36 bits per heavy atom. The van der Waals surface area contributed by atoms with E-state index < -0.39 is 0 Å². The second kappa shape index (κ2) is 4.05. The van der Waals surface area contributed by atoms with Crippen LogP contribution in [-0.4, -0.2) is 11.2 Å². The highest BCUT2D eigenvalue weighted by Crippen LogP contribution is 2.26. The van der Waals surface area contributed by atoms with Crippen molar-refractivity contribution >= 4 is 17.3 Å². The summed E-state index contributed by atoms with van der Waals surface area (Å²) in [6, 6.07) is 0. The highest BCUT2D eigenvalue weighted by atomic mass is 32.1. The number of thiocarbonyl (C=S) groups is 1. The molecule has 0 bridgehead atoms. The Hall–Kier alpha value is -0.110. The zero-order chi connectivity index (χ0) is 8.27. The summed E-state index contributed by atoms with van der Waals surface area (Å²) >= 11 is 5.00. The molecule has 0 radical (unpaired) electrons. The molecule has 0 unspecified atom stereocenters. The van der Waals surface area contributed by atoms with Crippen LogP contribution >= 0.6 is 12.2 Å². The average Bonchev–Trinajstić information content (AvgIpc) is 2.26. The van der Waals surface area contributed by atoms with Gasteiger partial charge in [-0.15, -0.1) is 0 Å². The molecule has 1 heterocycles. The van der Waals surface area contributed by atoms with Gasteiger partial charge in [-0.1, -0.05) is 26.7 Å². The van der Waals surface area contributed by atoms with Gasteiger partial charge in [0.25, 0.3) is 0 Å². The van der Waals surface area contributed by atoms with Crippen molar-refractivity contribution in [2.45, 2.75) is 45.6 Å². The van der Waals surface area contributed by atoms with Crippen LogP contribution in [0.3, 0.4) is 0 Å². The van der Waals surface area contributed by atoms with Gasteiger partial charge in [0.2, 0.25) is 0 Å². The molecule has 11 heavy (non-hydrogen) atoms. The molecule has 0 saturated carbocycles. The number of hydrogen-bond acceptors (Lipinski definition) is 2. The summed E-state index contributed by atoms with van der Waals surface area (Å²) in [5.74, 6) is 0.647. The quantitative estimate of drug-likeness (QED) is 0.605. The molecule has 0 aromatic carbocycles. The zero-order valence-electron chi connectivity index (χ0n) is 7.30. The molecule has 2 atom stereocenters. The molecule has 1 nitrogen and oxygen atoms in total. The fourth-order valence-electron chi connectivity index (χ4n) is 1.48. The van der Waals surface area contributed by atoms with E-state index in [0.717, 1.165) is 11.5 Å². The smallest absolute Gasteiger partial charge is 0.160 e. The van der Waals surface area contributed by atoms with Gasteiger partial charge < -0.3 is 4.74 Å². The SMILES string of the molecule is CCCC[C@@H]1OC(=S)C[C@H]1C. The van der Waals surface area contributed by atoms with E-state index in [2.05, 4.69) is 13.8 Å². The van der Waals surface area contributed by atoms with E-state index in [9.17, 15) is 0 Å². The molecule has 1 fully saturated rings. The van der Waals surface area contributed by atoms with Crippen molar-refractivity contribution in [1.29, 1.82) is 0 Å². The molecule has 0 amide bonds. The molecule has 0 spiro atoms. The van der Waals surface area contributed by atoms with Crippen molar-refractivity contribution in [3.8, 4) is 0 Å². The first kappa shape index (κ1) is 8.98. The van der Waals surface area contributed by atoms with Gasteiger partial charge in [-0.25, -0.2) is 0 Å². The second-order valence-electron chi connectivity index (χ2n) is 3.35. The fourth-order valence-corrected chi connectivity index (χ4v) is 1.86. The van der Waals surface area contributed by atoms with Crippen LogP contribution in [0.15, 0.2) is 0 Å². The van der Waals surface area contributed by atoms with Crippen LogP contribution in [0.5, 0.6) is 0 Å². The second-order valence-corrected chi connectivity index (χ2v) is 3.81. The molecule has 1 rings (SSSR count). The maximum atomic E-state index is 5.51. The standard InChI is InChI=1S/C9H16OS/c1-3-4-5-8-7(2)6-9(11)10-8/h7-8H,3-6H2,1-2H3/t7-,8+/m1/s1. The van der Waals surface area contributed by atoms with Crippen LogP contribution in [0.4, 0.5) is 0 Å². The molecule has 2 heteroatoms. The highest BCUT2D eigenvalue weighted by Gasteiger charge is 2.27. The predicted octanol–water partition coefficient (Wildman–Crippen LogP) is 2.93. The van der Waals surface area contributed by atoms with E-state index >= 15 is 0 Å². The van der Waals surface area contributed by atoms with Crippen LogP contribution in [0.25, 0.3) is 0 Å².